The number of halogens is 2. The lowest BCUT2D eigenvalue weighted by Gasteiger charge is -2.15. The molecule has 1 rings (SSSR count). The Kier molecular flexibility index (Phi) is 4.94. The molecule has 8 heteroatoms. The minimum absolute atomic E-state index is 0.0876. The van der Waals surface area contributed by atoms with E-state index in [9.17, 15) is 19.3 Å². The van der Waals surface area contributed by atoms with Crippen molar-refractivity contribution in [3.63, 3.8) is 0 Å². The first kappa shape index (κ1) is 15.0. The van der Waals surface area contributed by atoms with Crippen LogP contribution in [0.5, 0.6) is 0 Å². The van der Waals surface area contributed by atoms with E-state index in [1.165, 1.54) is 7.05 Å². The van der Waals surface area contributed by atoms with Gasteiger partial charge in [0.2, 0.25) is 0 Å². The molecular weight excluding hydrogens is 321 g/mol. The van der Waals surface area contributed by atoms with Crippen LogP contribution in [0.25, 0.3) is 0 Å². The second-order valence-corrected chi connectivity index (χ2v) is 4.53. The van der Waals surface area contributed by atoms with Crippen LogP contribution in [-0.4, -0.2) is 29.3 Å². The van der Waals surface area contributed by atoms with E-state index in [0.717, 1.165) is 17.0 Å². The molecule has 0 aliphatic rings. The lowest BCUT2D eigenvalue weighted by molar-refractivity contribution is -0.385. The highest BCUT2D eigenvalue weighted by atomic mass is 79.9. The number of rotatable bonds is 4. The topological polar surface area (TPSA) is 87.2 Å². The molecule has 100 valence electrons. The van der Waals surface area contributed by atoms with Crippen LogP contribution >= 0.6 is 15.9 Å². The van der Waals surface area contributed by atoms with Crippen LogP contribution in [0.3, 0.4) is 0 Å². The zero-order chi connectivity index (χ0) is 14.6. The summed E-state index contributed by atoms with van der Waals surface area (Å²) in [7, 11) is 1.39. The summed E-state index contributed by atoms with van der Waals surface area (Å²) in [6.45, 7) is 0.115. The highest BCUT2D eigenvalue weighted by Gasteiger charge is 2.25. The Balaban J connectivity index is 3.18. The van der Waals surface area contributed by atoms with Gasteiger partial charge in [-0.25, -0.2) is 4.39 Å². The number of benzene rings is 1. The summed E-state index contributed by atoms with van der Waals surface area (Å²) in [5.74, 6) is -1.46. The van der Waals surface area contributed by atoms with Crippen molar-refractivity contribution in [2.24, 2.45) is 0 Å². The van der Waals surface area contributed by atoms with Gasteiger partial charge in [-0.2, -0.15) is 5.26 Å². The monoisotopic (exact) mass is 329 g/mol. The Morgan fingerprint density at radius 3 is 2.79 bits per heavy atom. The van der Waals surface area contributed by atoms with E-state index in [4.69, 9.17) is 5.26 Å². The van der Waals surface area contributed by atoms with Gasteiger partial charge >= 0.3 is 0 Å². The van der Waals surface area contributed by atoms with Crippen LogP contribution in [0, 0.1) is 27.3 Å². The second kappa shape index (κ2) is 6.24. The zero-order valence-corrected chi connectivity index (χ0v) is 11.5. The molecule has 0 spiro atoms. The quantitative estimate of drug-likeness (QED) is 0.627. The molecule has 0 aliphatic heterocycles. The van der Waals surface area contributed by atoms with Crippen molar-refractivity contribution in [3.8, 4) is 6.07 Å². The number of amides is 1. The maximum Gasteiger partial charge on any atom is 0.283 e. The van der Waals surface area contributed by atoms with Crippen LogP contribution < -0.4 is 0 Å². The number of nitro benzene ring substituents is 1. The second-order valence-electron chi connectivity index (χ2n) is 3.68. The number of nitro groups is 1. The number of hydrogen-bond donors (Lipinski definition) is 0. The summed E-state index contributed by atoms with van der Waals surface area (Å²) in [5, 5.41) is 19.3. The van der Waals surface area contributed by atoms with Gasteiger partial charge in [0, 0.05) is 19.7 Å². The molecular formula is C11H9BrFN3O3. The van der Waals surface area contributed by atoms with E-state index in [2.05, 4.69) is 15.9 Å². The third kappa shape index (κ3) is 3.48. The molecule has 0 saturated heterocycles. The Morgan fingerprint density at radius 1 is 1.63 bits per heavy atom. The largest absolute Gasteiger partial charge is 0.340 e. The number of carbonyl (C=O) groups is 1. The summed E-state index contributed by atoms with van der Waals surface area (Å²) in [6.07, 6.45) is 0.0923. The predicted molar refractivity (Wildman–Crippen MR) is 67.9 cm³/mol. The van der Waals surface area contributed by atoms with Crippen molar-refractivity contribution in [1.82, 2.24) is 4.90 Å². The van der Waals surface area contributed by atoms with E-state index in [1.807, 2.05) is 6.07 Å². The predicted octanol–water partition coefficient (Wildman–Crippen LogP) is 2.48. The minimum Gasteiger partial charge on any atom is -0.340 e. The summed E-state index contributed by atoms with van der Waals surface area (Å²) in [5.41, 5.74) is -0.826. The molecule has 0 radical (unpaired) electrons. The van der Waals surface area contributed by atoms with Gasteiger partial charge in [0.05, 0.1) is 21.9 Å². The van der Waals surface area contributed by atoms with Crippen LogP contribution in [0.4, 0.5) is 10.1 Å². The van der Waals surface area contributed by atoms with Crippen molar-refractivity contribution >= 4 is 27.5 Å². The number of nitrogens with zero attached hydrogens (tertiary/aromatic N) is 3. The van der Waals surface area contributed by atoms with E-state index in [1.54, 1.807) is 0 Å². The third-order valence-electron chi connectivity index (χ3n) is 2.37. The fraction of sp³-hybridized carbons (Fsp3) is 0.273. The maximum atomic E-state index is 13.4. The maximum absolute atomic E-state index is 13.4. The lowest BCUT2D eigenvalue weighted by Crippen LogP contribution is -2.28. The van der Waals surface area contributed by atoms with Gasteiger partial charge < -0.3 is 4.90 Å². The Hall–Kier alpha value is -2.01. The molecule has 0 heterocycles. The summed E-state index contributed by atoms with van der Waals surface area (Å²) in [6, 6.07) is 3.61. The van der Waals surface area contributed by atoms with Crippen molar-refractivity contribution in [3.05, 3.63) is 38.1 Å². The van der Waals surface area contributed by atoms with Crippen molar-refractivity contribution in [2.45, 2.75) is 6.42 Å². The van der Waals surface area contributed by atoms with Gasteiger partial charge in [-0.15, -0.1) is 0 Å². The highest BCUT2D eigenvalue weighted by Crippen LogP contribution is 2.27. The van der Waals surface area contributed by atoms with Crippen LogP contribution in [0.1, 0.15) is 16.8 Å². The average molecular weight is 330 g/mol. The molecule has 0 aromatic heterocycles. The average Bonchev–Trinajstić information content (AvgIpc) is 2.37. The molecule has 0 N–H and O–H groups in total. The van der Waals surface area contributed by atoms with E-state index in [0.29, 0.717) is 0 Å². The molecule has 0 bridgehead atoms. The van der Waals surface area contributed by atoms with Gasteiger partial charge in [0.25, 0.3) is 11.6 Å². The molecule has 19 heavy (non-hydrogen) atoms. The molecule has 6 nitrogen and oxygen atoms in total. The summed E-state index contributed by atoms with van der Waals surface area (Å²) in [4.78, 5) is 23.2. The van der Waals surface area contributed by atoms with Crippen molar-refractivity contribution in [1.29, 1.82) is 5.26 Å². The summed E-state index contributed by atoms with van der Waals surface area (Å²) >= 11 is 2.83. The van der Waals surface area contributed by atoms with Gasteiger partial charge in [-0.1, -0.05) is 0 Å². The first-order chi connectivity index (χ1) is 8.88. The van der Waals surface area contributed by atoms with Gasteiger partial charge in [0.15, 0.2) is 0 Å². The Morgan fingerprint density at radius 2 is 2.26 bits per heavy atom. The van der Waals surface area contributed by atoms with E-state index >= 15 is 0 Å². The Labute approximate surface area is 116 Å². The first-order valence-corrected chi connectivity index (χ1v) is 5.93. The Bertz CT molecular complexity index is 571. The molecule has 0 saturated carbocycles. The van der Waals surface area contributed by atoms with Gasteiger partial charge in [-0.3, -0.25) is 14.9 Å². The van der Waals surface area contributed by atoms with Gasteiger partial charge in [0.1, 0.15) is 11.4 Å². The molecule has 0 unspecified atom stereocenters. The molecule has 0 fully saturated rings. The molecule has 1 aromatic carbocycles. The van der Waals surface area contributed by atoms with E-state index < -0.39 is 22.3 Å². The molecule has 0 aliphatic carbocycles. The van der Waals surface area contributed by atoms with Crippen molar-refractivity contribution in [2.75, 3.05) is 13.6 Å². The SMILES string of the molecule is CN(CCC#N)C(=O)c1cc(F)c(Br)cc1[N+](=O)[O-]. The highest BCUT2D eigenvalue weighted by molar-refractivity contribution is 9.10. The molecule has 1 aromatic rings. The third-order valence-corrected chi connectivity index (χ3v) is 2.98. The number of nitriles is 1. The van der Waals surface area contributed by atoms with Crippen LogP contribution in [0.2, 0.25) is 0 Å². The number of carbonyl (C=O) groups excluding carboxylic acids is 1. The number of hydrogen-bond acceptors (Lipinski definition) is 4. The van der Waals surface area contributed by atoms with Crippen molar-refractivity contribution < 1.29 is 14.1 Å². The van der Waals surface area contributed by atoms with Gasteiger partial charge in [-0.05, 0) is 22.0 Å². The fourth-order valence-corrected chi connectivity index (χ4v) is 1.71. The standard InChI is InChI=1S/C11H9BrFN3O3/c1-15(4-2-3-14)11(17)7-5-9(13)8(12)6-10(7)16(18)19/h5-6H,2,4H2,1H3. The molecule has 1 amide bonds. The van der Waals surface area contributed by atoms with Crippen LogP contribution in [0.15, 0.2) is 16.6 Å². The smallest absolute Gasteiger partial charge is 0.283 e. The minimum atomic E-state index is -0.761. The molecule has 0 atom stereocenters. The van der Waals surface area contributed by atoms with Crippen LogP contribution in [-0.2, 0) is 0 Å². The lowest BCUT2D eigenvalue weighted by atomic mass is 10.1. The fourth-order valence-electron chi connectivity index (χ4n) is 1.38. The van der Waals surface area contributed by atoms with E-state index in [-0.39, 0.29) is 23.0 Å². The summed E-state index contributed by atoms with van der Waals surface area (Å²) < 4.78 is 13.3. The normalized spacial score (nSPS) is 9.79. The zero-order valence-electron chi connectivity index (χ0n) is 9.89. The first-order valence-electron chi connectivity index (χ1n) is 5.14.